The Labute approximate surface area is 332 Å². The minimum absolute atomic E-state index is 0.219. The Morgan fingerprint density at radius 1 is 0.632 bits per heavy atom. The van der Waals surface area contributed by atoms with Gasteiger partial charge in [-0.25, -0.2) is 12.4 Å². The number of nitrogens with zero attached hydrogens (tertiary/aromatic N) is 1. The van der Waals surface area contributed by atoms with E-state index in [0.29, 0.717) is 18.5 Å². The maximum Gasteiger partial charge on any atom is 0.268 e. The van der Waals surface area contributed by atoms with Crippen molar-refractivity contribution in [2.45, 2.75) is 61.5 Å². The van der Waals surface area contributed by atoms with E-state index in [9.17, 15) is 8.42 Å². The highest BCUT2D eigenvalue weighted by atomic mass is 32.2. The molecule has 9 nitrogen and oxygen atoms in total. The Morgan fingerprint density at radius 2 is 1.30 bits per heavy atom. The maximum atomic E-state index is 13.8. The Balaban J connectivity index is 1.01. The largest absolute Gasteiger partial charge is 0.368 e. The summed E-state index contributed by atoms with van der Waals surface area (Å²) in [5, 5.41) is 3.10. The molecule has 0 N–H and O–H groups in total. The predicted molar refractivity (Wildman–Crippen MR) is 217 cm³/mol. The van der Waals surface area contributed by atoms with Gasteiger partial charge >= 0.3 is 0 Å². The molecule has 0 unspecified atom stereocenters. The van der Waals surface area contributed by atoms with Gasteiger partial charge in [0.25, 0.3) is 10.0 Å². The van der Waals surface area contributed by atoms with Crippen LogP contribution in [0.15, 0.2) is 169 Å². The van der Waals surface area contributed by atoms with Gasteiger partial charge in [0.2, 0.25) is 0 Å². The summed E-state index contributed by atoms with van der Waals surface area (Å²) in [4.78, 5) is 0.220. The summed E-state index contributed by atoms with van der Waals surface area (Å²) in [5.41, 5.74) is 4.35. The van der Waals surface area contributed by atoms with Gasteiger partial charge in [0.15, 0.2) is 12.6 Å². The molecule has 6 atom stereocenters. The van der Waals surface area contributed by atoms with Gasteiger partial charge in [-0.2, -0.15) is 0 Å². The average molecular weight is 782 g/mol. The lowest BCUT2D eigenvalue weighted by Crippen LogP contribution is -2.63. The summed E-state index contributed by atoms with van der Waals surface area (Å²) in [7, 11) is -3.83. The summed E-state index contributed by atoms with van der Waals surface area (Å²) in [6.45, 7) is 1.09. The third-order valence-corrected chi connectivity index (χ3v) is 12.3. The number of benzene rings is 6. The van der Waals surface area contributed by atoms with E-state index in [4.69, 9.17) is 28.4 Å². The first kappa shape index (κ1) is 37.4. The van der Waals surface area contributed by atoms with Crippen LogP contribution in [0.1, 0.15) is 28.5 Å². The quantitative estimate of drug-likeness (QED) is 0.115. The molecule has 0 bridgehead atoms. The van der Waals surface area contributed by atoms with Crippen LogP contribution in [0.25, 0.3) is 21.7 Å². The van der Waals surface area contributed by atoms with Gasteiger partial charge in [-0.05, 0) is 58.1 Å². The van der Waals surface area contributed by atoms with Gasteiger partial charge in [0.1, 0.15) is 24.4 Å². The molecule has 2 aliphatic heterocycles. The van der Waals surface area contributed by atoms with E-state index in [0.717, 1.165) is 38.4 Å². The molecule has 0 aliphatic carbocycles. The van der Waals surface area contributed by atoms with E-state index in [-0.39, 0.29) is 24.7 Å². The molecule has 0 saturated carbocycles. The van der Waals surface area contributed by atoms with Crippen LogP contribution in [-0.4, -0.2) is 56.3 Å². The van der Waals surface area contributed by atoms with E-state index in [2.05, 4.69) is 30.3 Å². The third-order valence-electron chi connectivity index (χ3n) is 10.6. The predicted octanol–water partition coefficient (Wildman–Crippen LogP) is 8.60. The van der Waals surface area contributed by atoms with Crippen molar-refractivity contribution in [3.63, 3.8) is 0 Å². The van der Waals surface area contributed by atoms with Crippen LogP contribution in [0.2, 0.25) is 0 Å². The van der Waals surface area contributed by atoms with Crippen molar-refractivity contribution in [3.8, 4) is 0 Å². The molecule has 9 rings (SSSR count). The number of aromatic nitrogens is 1. The van der Waals surface area contributed by atoms with Crippen molar-refractivity contribution in [2.75, 3.05) is 13.2 Å². The summed E-state index contributed by atoms with van der Waals surface area (Å²) < 4.78 is 68.8. The molecule has 1 aromatic heterocycles. The van der Waals surface area contributed by atoms with E-state index in [1.54, 1.807) is 36.5 Å². The standard InChI is InChI=1S/C47H43NO8S/c49-57(50,39-20-8-3-9-21-39)48-29-38(40-22-12-13-23-41(40)48)26-27-51-47-45(53-31-34-24-25-35-16-10-11-19-37(35)28-34)44(52-30-33-14-4-1-5-15-33)43-42(55-47)32-54-46(56-43)36-17-6-2-7-18-36/h1-25,28-29,42-47H,26-27,30-32H2/t42-,43-,44+,45-,46-,47-/m1/s1. The lowest BCUT2D eigenvalue weighted by atomic mass is 9.97. The normalized spacial score (nSPS) is 22.4. The highest BCUT2D eigenvalue weighted by Crippen LogP contribution is 2.38. The van der Waals surface area contributed by atoms with Crippen molar-refractivity contribution < 1.29 is 36.8 Å². The van der Waals surface area contributed by atoms with Crippen molar-refractivity contribution in [3.05, 3.63) is 186 Å². The molecule has 2 saturated heterocycles. The number of rotatable bonds is 13. The van der Waals surface area contributed by atoms with Crippen molar-refractivity contribution >= 4 is 31.7 Å². The van der Waals surface area contributed by atoms with Gasteiger partial charge in [-0.15, -0.1) is 0 Å². The van der Waals surface area contributed by atoms with Gasteiger partial charge in [0.05, 0.1) is 36.8 Å². The first-order chi connectivity index (χ1) is 28.0. The van der Waals surface area contributed by atoms with Gasteiger partial charge in [-0.1, -0.05) is 133 Å². The summed E-state index contributed by atoms with van der Waals surface area (Å²) in [6, 6.07) is 50.4. The third kappa shape index (κ3) is 8.03. The van der Waals surface area contributed by atoms with Gasteiger partial charge in [-0.3, -0.25) is 0 Å². The van der Waals surface area contributed by atoms with Crippen LogP contribution in [0, 0.1) is 0 Å². The summed E-state index contributed by atoms with van der Waals surface area (Å²) >= 11 is 0. The van der Waals surface area contributed by atoms with Crippen LogP contribution in [-0.2, 0) is 58.1 Å². The first-order valence-corrected chi connectivity index (χ1v) is 20.7. The van der Waals surface area contributed by atoms with Crippen LogP contribution >= 0.6 is 0 Å². The van der Waals surface area contributed by atoms with Crippen molar-refractivity contribution in [1.29, 1.82) is 0 Å². The molecule has 57 heavy (non-hydrogen) atoms. The van der Waals surface area contributed by atoms with E-state index < -0.39 is 47.0 Å². The molecule has 3 heterocycles. The van der Waals surface area contributed by atoms with Crippen LogP contribution in [0.4, 0.5) is 0 Å². The van der Waals surface area contributed by atoms with Gasteiger partial charge in [0, 0.05) is 17.1 Å². The lowest BCUT2D eigenvalue weighted by molar-refractivity contribution is -0.372. The molecule has 0 radical (unpaired) electrons. The van der Waals surface area contributed by atoms with E-state index >= 15 is 0 Å². The minimum atomic E-state index is -3.83. The zero-order chi connectivity index (χ0) is 38.6. The highest BCUT2D eigenvalue weighted by molar-refractivity contribution is 7.90. The molecule has 2 fully saturated rings. The molecule has 2 aliphatic rings. The Bertz CT molecular complexity index is 2530. The first-order valence-electron chi connectivity index (χ1n) is 19.2. The SMILES string of the molecule is O=S(=O)(c1ccccc1)n1cc(CCO[C@@H]2O[C@@H]3CO[C@@H](c4ccccc4)O[C@H]3[C@H](OCc3ccccc3)[C@H]2OCc2ccc3ccccc3c2)c2ccccc21. The molecule has 6 aromatic carbocycles. The zero-order valence-corrected chi connectivity index (χ0v) is 32.0. The van der Waals surface area contributed by atoms with E-state index in [1.165, 1.54) is 3.97 Å². The fourth-order valence-electron chi connectivity index (χ4n) is 7.72. The minimum Gasteiger partial charge on any atom is -0.368 e. The van der Waals surface area contributed by atoms with Crippen LogP contribution < -0.4 is 0 Å². The number of fused-ring (bicyclic) bond motifs is 3. The second-order valence-electron chi connectivity index (χ2n) is 14.3. The Kier molecular flexibility index (Phi) is 11.0. The molecule has 7 aromatic rings. The van der Waals surface area contributed by atoms with Gasteiger partial charge < -0.3 is 28.4 Å². The summed E-state index contributed by atoms with van der Waals surface area (Å²) in [6.07, 6.45) is -1.68. The molecular formula is C47H43NO8S. The lowest BCUT2D eigenvalue weighted by Gasteiger charge is -2.49. The van der Waals surface area contributed by atoms with Crippen molar-refractivity contribution in [2.24, 2.45) is 0 Å². The Hall–Kier alpha value is -5.17. The highest BCUT2D eigenvalue weighted by Gasteiger charge is 2.52. The topological polar surface area (TPSA) is 94.5 Å². The van der Waals surface area contributed by atoms with Crippen LogP contribution in [0.5, 0.6) is 0 Å². The number of para-hydroxylation sites is 1. The fourth-order valence-corrected chi connectivity index (χ4v) is 9.13. The summed E-state index contributed by atoms with van der Waals surface area (Å²) in [5.74, 6) is 0. The second kappa shape index (κ2) is 16.7. The molecule has 10 heteroatoms. The smallest absolute Gasteiger partial charge is 0.268 e. The number of ether oxygens (including phenoxy) is 6. The average Bonchev–Trinajstić information content (AvgIpc) is 3.65. The fraction of sp³-hybridized carbons (Fsp3) is 0.234. The molecule has 290 valence electrons. The number of hydrogen-bond acceptors (Lipinski definition) is 8. The molecule has 0 amide bonds. The number of hydrogen-bond donors (Lipinski definition) is 0. The monoisotopic (exact) mass is 781 g/mol. The zero-order valence-electron chi connectivity index (χ0n) is 31.2. The second-order valence-corrected chi connectivity index (χ2v) is 16.2. The maximum absolute atomic E-state index is 13.8. The van der Waals surface area contributed by atoms with Crippen LogP contribution in [0.3, 0.4) is 0 Å². The van der Waals surface area contributed by atoms with E-state index in [1.807, 2.05) is 97.1 Å². The molecule has 0 spiro atoms. The Morgan fingerprint density at radius 3 is 2.11 bits per heavy atom. The molecular weight excluding hydrogens is 739 g/mol. The van der Waals surface area contributed by atoms with Crippen molar-refractivity contribution in [1.82, 2.24) is 3.97 Å².